The van der Waals surface area contributed by atoms with Crippen molar-refractivity contribution in [2.45, 2.75) is 25.4 Å². The average Bonchev–Trinajstić information content (AvgIpc) is 3.27. The molecule has 1 atom stereocenters. The Morgan fingerprint density at radius 2 is 1.81 bits per heavy atom. The minimum Gasteiger partial charge on any atom is -0.490 e. The highest BCUT2D eigenvalue weighted by molar-refractivity contribution is 7.83. The van der Waals surface area contributed by atoms with Gasteiger partial charge in [-0.15, -0.1) is 0 Å². The van der Waals surface area contributed by atoms with Gasteiger partial charge < -0.3 is 14.8 Å². The van der Waals surface area contributed by atoms with Crippen molar-refractivity contribution in [2.75, 3.05) is 18.5 Å². The molecule has 1 amide bonds. The minimum absolute atomic E-state index is 0.305. The Labute approximate surface area is 181 Å². The molecule has 0 fully saturated rings. The average molecular weight is 444 g/mol. The van der Waals surface area contributed by atoms with Crippen LogP contribution in [0.2, 0.25) is 0 Å². The topological polar surface area (TPSA) is 82.5 Å². The molecule has 9 heteroatoms. The molecule has 1 aliphatic heterocycles. The Hall–Kier alpha value is -3.20. The number of nitrogens with zero attached hydrogens (tertiary/aromatic N) is 2. The zero-order chi connectivity index (χ0) is 22.0. The fraction of sp³-hybridized carbons (Fsp3) is 0.273. The van der Waals surface area contributed by atoms with Crippen molar-refractivity contribution in [1.29, 1.82) is 0 Å². The third-order valence-electron chi connectivity index (χ3n) is 4.78. The van der Waals surface area contributed by atoms with Crippen molar-refractivity contribution >= 4 is 22.5 Å². The summed E-state index contributed by atoms with van der Waals surface area (Å²) in [5.74, 6) is 1.37. The van der Waals surface area contributed by atoms with Crippen LogP contribution in [0.4, 0.5) is 10.2 Å². The molecule has 3 aromatic rings. The van der Waals surface area contributed by atoms with E-state index in [4.69, 9.17) is 9.47 Å². The highest BCUT2D eigenvalue weighted by atomic mass is 32.2. The number of aromatic nitrogens is 2. The van der Waals surface area contributed by atoms with Crippen LogP contribution in [0.1, 0.15) is 35.5 Å². The number of carbonyl (C=O) groups is 1. The molecule has 0 radical (unpaired) electrons. The number of fused-ring (bicyclic) bond motifs is 1. The van der Waals surface area contributed by atoms with Crippen LogP contribution in [0.5, 0.6) is 11.5 Å². The fourth-order valence-electron chi connectivity index (χ4n) is 3.40. The second-order valence-electron chi connectivity index (χ2n) is 6.87. The smallest absolute Gasteiger partial charge is 0.256 e. The number of benzene rings is 2. The number of nitrogens with one attached hydrogen (secondary N) is 1. The molecule has 0 saturated heterocycles. The Kier molecular flexibility index (Phi) is 6.03. The summed E-state index contributed by atoms with van der Waals surface area (Å²) in [6.45, 7) is 4.64. The van der Waals surface area contributed by atoms with Crippen LogP contribution in [0.15, 0.2) is 42.5 Å². The van der Waals surface area contributed by atoms with Gasteiger partial charge in [0.05, 0.1) is 36.1 Å². The van der Waals surface area contributed by atoms with Gasteiger partial charge in [-0.25, -0.2) is 9.07 Å². The highest BCUT2D eigenvalue weighted by Crippen LogP contribution is 2.33. The van der Waals surface area contributed by atoms with Crippen molar-refractivity contribution in [3.05, 3.63) is 65.1 Å². The zero-order valence-corrected chi connectivity index (χ0v) is 18.0. The van der Waals surface area contributed by atoms with Crippen LogP contribution in [-0.4, -0.2) is 33.1 Å². The van der Waals surface area contributed by atoms with Crippen LogP contribution < -0.4 is 14.8 Å². The zero-order valence-electron chi connectivity index (χ0n) is 17.2. The minimum atomic E-state index is -1.06. The molecule has 0 aliphatic carbocycles. The molecule has 0 spiro atoms. The molecule has 1 N–H and O–H groups in total. The molecule has 7 nitrogen and oxygen atoms in total. The van der Waals surface area contributed by atoms with E-state index in [-0.39, 0.29) is 11.7 Å². The van der Waals surface area contributed by atoms with Gasteiger partial charge >= 0.3 is 0 Å². The van der Waals surface area contributed by atoms with E-state index >= 15 is 0 Å². The number of carbonyl (C=O) groups excluding carboxylic acids is 1. The maximum Gasteiger partial charge on any atom is 0.256 e. The predicted molar refractivity (Wildman–Crippen MR) is 116 cm³/mol. The highest BCUT2D eigenvalue weighted by Gasteiger charge is 2.28. The normalized spacial score (nSPS) is 14.9. The summed E-state index contributed by atoms with van der Waals surface area (Å²) < 4.78 is 38.1. The second kappa shape index (κ2) is 8.89. The van der Waals surface area contributed by atoms with Crippen LogP contribution in [-0.2, 0) is 22.3 Å². The Bertz CT molecular complexity index is 1140. The molecule has 1 aliphatic rings. The molecule has 2 heterocycles. The standard InChI is InChI=1S/C22H22FN3O4S/c1-3-29-19-10-5-14(11-20(19)30-4-2)22(27)24-21-17-12-31(28)13-18(17)25-26(21)16-8-6-15(23)7-9-16/h5-11H,3-4,12-13H2,1-2H3,(H,24,27)/t31-/m0/s1. The Balaban J connectivity index is 1.69. The van der Waals surface area contributed by atoms with Gasteiger partial charge in [0.1, 0.15) is 11.6 Å². The summed E-state index contributed by atoms with van der Waals surface area (Å²) in [5.41, 5.74) is 2.37. The lowest BCUT2D eigenvalue weighted by molar-refractivity contribution is 0.102. The van der Waals surface area contributed by atoms with Gasteiger partial charge in [0.25, 0.3) is 5.91 Å². The van der Waals surface area contributed by atoms with Crippen molar-refractivity contribution in [2.24, 2.45) is 0 Å². The second-order valence-corrected chi connectivity index (χ2v) is 8.33. The molecule has 1 aromatic heterocycles. The number of rotatable bonds is 7. The molecule has 162 valence electrons. The summed E-state index contributed by atoms with van der Waals surface area (Å²) in [6, 6.07) is 10.8. The van der Waals surface area contributed by atoms with Gasteiger partial charge in [-0.2, -0.15) is 5.10 Å². The van der Waals surface area contributed by atoms with E-state index < -0.39 is 10.8 Å². The molecular formula is C22H22FN3O4S. The fourth-order valence-corrected chi connectivity index (χ4v) is 4.66. The van der Waals surface area contributed by atoms with Gasteiger partial charge in [-0.3, -0.25) is 9.00 Å². The lowest BCUT2D eigenvalue weighted by Crippen LogP contribution is -2.17. The summed E-state index contributed by atoms with van der Waals surface area (Å²) >= 11 is 0. The van der Waals surface area contributed by atoms with Crippen LogP contribution in [0, 0.1) is 5.82 Å². The third kappa shape index (κ3) is 4.32. The van der Waals surface area contributed by atoms with E-state index in [1.54, 1.807) is 35.0 Å². The third-order valence-corrected chi connectivity index (χ3v) is 5.98. The predicted octanol–water partition coefficient (Wildman–Crippen LogP) is 3.82. The SMILES string of the molecule is CCOc1ccc(C(=O)Nc2c3c(nn2-c2ccc(F)cc2)C[S@@](=O)C3)cc1OCC. The van der Waals surface area contributed by atoms with E-state index in [0.29, 0.717) is 59.0 Å². The Morgan fingerprint density at radius 3 is 2.52 bits per heavy atom. The molecule has 2 aromatic carbocycles. The summed E-state index contributed by atoms with van der Waals surface area (Å²) in [5, 5.41) is 7.41. The van der Waals surface area contributed by atoms with Crippen molar-refractivity contribution in [3.63, 3.8) is 0 Å². The van der Waals surface area contributed by atoms with Crippen LogP contribution in [0.3, 0.4) is 0 Å². The quantitative estimate of drug-likeness (QED) is 0.600. The molecule has 4 rings (SSSR count). The van der Waals surface area contributed by atoms with E-state index in [0.717, 1.165) is 5.56 Å². The number of anilines is 1. The largest absolute Gasteiger partial charge is 0.490 e. The van der Waals surface area contributed by atoms with Gasteiger partial charge in [-0.05, 0) is 56.3 Å². The summed E-state index contributed by atoms with van der Waals surface area (Å²) in [7, 11) is -1.06. The molecule has 0 saturated carbocycles. The first-order valence-electron chi connectivity index (χ1n) is 9.92. The monoisotopic (exact) mass is 443 g/mol. The lowest BCUT2D eigenvalue weighted by Gasteiger charge is -2.14. The first kappa shape index (κ1) is 21.0. The number of halogens is 1. The van der Waals surface area contributed by atoms with Crippen LogP contribution in [0.25, 0.3) is 5.69 Å². The molecule has 31 heavy (non-hydrogen) atoms. The van der Waals surface area contributed by atoms with E-state index in [1.165, 1.54) is 12.1 Å². The lowest BCUT2D eigenvalue weighted by atomic mass is 10.1. The summed E-state index contributed by atoms with van der Waals surface area (Å²) in [4.78, 5) is 13.1. The number of hydrogen-bond acceptors (Lipinski definition) is 5. The van der Waals surface area contributed by atoms with Gasteiger partial charge in [-0.1, -0.05) is 0 Å². The number of hydrogen-bond donors (Lipinski definition) is 1. The summed E-state index contributed by atoms with van der Waals surface area (Å²) in [6.07, 6.45) is 0. The van der Waals surface area contributed by atoms with Crippen molar-refractivity contribution in [3.8, 4) is 17.2 Å². The maximum absolute atomic E-state index is 13.4. The van der Waals surface area contributed by atoms with Gasteiger partial charge in [0.2, 0.25) is 0 Å². The molecule has 0 bridgehead atoms. The van der Waals surface area contributed by atoms with Gasteiger partial charge in [0.15, 0.2) is 11.5 Å². The number of amides is 1. The maximum atomic E-state index is 13.4. The Morgan fingerprint density at radius 1 is 1.10 bits per heavy atom. The van der Waals surface area contributed by atoms with Gasteiger partial charge in [0, 0.05) is 21.9 Å². The van der Waals surface area contributed by atoms with E-state index in [2.05, 4.69) is 10.4 Å². The first-order chi connectivity index (χ1) is 15.0. The van der Waals surface area contributed by atoms with E-state index in [9.17, 15) is 13.4 Å². The van der Waals surface area contributed by atoms with Crippen molar-refractivity contribution < 1.29 is 22.9 Å². The van der Waals surface area contributed by atoms with E-state index in [1.807, 2.05) is 13.8 Å². The van der Waals surface area contributed by atoms with Crippen molar-refractivity contribution in [1.82, 2.24) is 9.78 Å². The van der Waals surface area contributed by atoms with Crippen LogP contribution >= 0.6 is 0 Å². The molecule has 0 unspecified atom stereocenters. The number of ether oxygens (including phenoxy) is 2. The molecular weight excluding hydrogens is 421 g/mol. The first-order valence-corrected chi connectivity index (χ1v) is 11.4.